The number of carbonyl (C=O) groups excluding carboxylic acids is 1. The van der Waals surface area contributed by atoms with Gasteiger partial charge in [0.1, 0.15) is 0 Å². The fraction of sp³-hybridized carbons (Fsp3) is 0.588. The number of anilines is 1. The molecule has 0 saturated carbocycles. The molecular weight excluding hydrogens is 304 g/mol. The minimum Gasteiger partial charge on any atom is -0.322 e. The minimum absolute atomic E-state index is 0.0427. The van der Waals surface area contributed by atoms with Gasteiger partial charge in [-0.15, -0.1) is 0 Å². The van der Waals surface area contributed by atoms with E-state index in [0.29, 0.717) is 6.54 Å². The zero-order valence-electron chi connectivity index (χ0n) is 14.5. The molecule has 2 aromatic heterocycles. The number of hydrogen-bond donors (Lipinski definition) is 1. The van der Waals surface area contributed by atoms with Crippen LogP contribution in [-0.4, -0.2) is 50.0 Å². The molecule has 1 saturated heterocycles. The summed E-state index contributed by atoms with van der Waals surface area (Å²) in [5, 5.41) is 11.4. The maximum atomic E-state index is 12.2. The molecule has 2 aromatic rings. The topological polar surface area (TPSA) is 68.0 Å². The minimum atomic E-state index is 0.0427. The van der Waals surface area contributed by atoms with Crippen LogP contribution in [0, 0.1) is 12.8 Å². The number of aromatic nitrogens is 4. The first-order valence-electron chi connectivity index (χ1n) is 8.60. The molecule has 0 atom stereocenters. The highest BCUT2D eigenvalue weighted by Gasteiger charge is 2.21. The van der Waals surface area contributed by atoms with Crippen molar-refractivity contribution in [3.63, 3.8) is 0 Å². The van der Waals surface area contributed by atoms with Crippen LogP contribution in [0.4, 0.5) is 5.69 Å². The summed E-state index contributed by atoms with van der Waals surface area (Å²) in [6.07, 6.45) is 9.01. The molecule has 3 rings (SSSR count). The maximum absolute atomic E-state index is 12.2. The van der Waals surface area contributed by atoms with Crippen LogP contribution in [0.1, 0.15) is 25.0 Å². The molecular formula is C17H26N6O. The summed E-state index contributed by atoms with van der Waals surface area (Å²) in [4.78, 5) is 14.4. The summed E-state index contributed by atoms with van der Waals surface area (Å²) < 4.78 is 3.76. The van der Waals surface area contributed by atoms with Gasteiger partial charge in [0.25, 0.3) is 0 Å². The zero-order valence-corrected chi connectivity index (χ0v) is 14.5. The molecule has 24 heavy (non-hydrogen) atoms. The van der Waals surface area contributed by atoms with E-state index in [9.17, 15) is 4.79 Å². The third kappa shape index (κ3) is 4.23. The molecule has 1 N–H and O–H groups in total. The fourth-order valence-corrected chi connectivity index (χ4v) is 3.20. The third-order valence-corrected chi connectivity index (χ3v) is 4.91. The Balaban J connectivity index is 1.38. The summed E-state index contributed by atoms with van der Waals surface area (Å²) in [6.45, 7) is 5.37. The predicted molar refractivity (Wildman–Crippen MR) is 92.6 cm³/mol. The highest BCUT2D eigenvalue weighted by atomic mass is 16.2. The van der Waals surface area contributed by atoms with Gasteiger partial charge in [-0.3, -0.25) is 19.1 Å². The summed E-state index contributed by atoms with van der Waals surface area (Å²) in [6, 6.07) is 1.96. The van der Waals surface area contributed by atoms with E-state index in [1.54, 1.807) is 10.9 Å². The van der Waals surface area contributed by atoms with Gasteiger partial charge in [0, 0.05) is 26.0 Å². The Morgan fingerprint density at radius 2 is 2.12 bits per heavy atom. The molecule has 1 amide bonds. The molecule has 0 aromatic carbocycles. The number of hydrogen-bond acceptors (Lipinski definition) is 4. The number of likely N-dealkylation sites (tertiary alicyclic amines) is 1. The number of nitrogens with zero attached hydrogens (tertiary/aromatic N) is 5. The molecule has 0 bridgehead atoms. The van der Waals surface area contributed by atoms with Crippen molar-refractivity contribution in [1.82, 2.24) is 24.5 Å². The van der Waals surface area contributed by atoms with Crippen molar-refractivity contribution in [2.24, 2.45) is 13.0 Å². The molecule has 0 radical (unpaired) electrons. The first-order chi connectivity index (χ1) is 11.6. The van der Waals surface area contributed by atoms with Crippen LogP contribution in [0.5, 0.6) is 0 Å². The highest BCUT2D eigenvalue weighted by molar-refractivity contribution is 5.92. The van der Waals surface area contributed by atoms with E-state index in [4.69, 9.17) is 0 Å². The van der Waals surface area contributed by atoms with Gasteiger partial charge in [0.2, 0.25) is 5.91 Å². The van der Waals surface area contributed by atoms with Crippen molar-refractivity contribution in [3.8, 4) is 0 Å². The third-order valence-electron chi connectivity index (χ3n) is 4.91. The van der Waals surface area contributed by atoms with Gasteiger partial charge in [0.15, 0.2) is 0 Å². The number of aryl methyl sites for hydroxylation is 2. The Morgan fingerprint density at radius 3 is 2.75 bits per heavy atom. The van der Waals surface area contributed by atoms with E-state index in [0.717, 1.165) is 56.2 Å². The first kappa shape index (κ1) is 16.7. The molecule has 0 spiro atoms. The van der Waals surface area contributed by atoms with Crippen molar-refractivity contribution in [2.75, 3.05) is 25.0 Å². The summed E-state index contributed by atoms with van der Waals surface area (Å²) in [7, 11) is 1.87. The molecule has 1 aliphatic rings. The monoisotopic (exact) mass is 330 g/mol. The standard InChI is InChI=1S/C17H26N6O/c1-14-16(12-19-21(14)2)20-17(24)13-22-9-4-15(5-10-22)6-11-23-8-3-7-18-23/h3,7-8,12,15H,4-6,9-11,13H2,1-2H3,(H,20,24). The van der Waals surface area contributed by atoms with Crippen LogP contribution in [0.15, 0.2) is 24.7 Å². The number of nitrogens with one attached hydrogen (secondary N) is 1. The molecule has 7 heteroatoms. The molecule has 1 fully saturated rings. The van der Waals surface area contributed by atoms with E-state index >= 15 is 0 Å². The largest absolute Gasteiger partial charge is 0.322 e. The van der Waals surface area contributed by atoms with E-state index in [1.807, 2.05) is 37.1 Å². The SMILES string of the molecule is Cc1c(NC(=O)CN2CCC(CCn3cccn3)CC2)cnn1C. The Bertz CT molecular complexity index is 655. The molecule has 130 valence electrons. The Hall–Kier alpha value is -2.15. The fourth-order valence-electron chi connectivity index (χ4n) is 3.20. The van der Waals surface area contributed by atoms with Crippen LogP contribution in [0.3, 0.4) is 0 Å². The smallest absolute Gasteiger partial charge is 0.238 e. The second-order valence-electron chi connectivity index (χ2n) is 6.59. The van der Waals surface area contributed by atoms with Crippen molar-refractivity contribution in [3.05, 3.63) is 30.4 Å². The van der Waals surface area contributed by atoms with E-state index < -0.39 is 0 Å². The van der Waals surface area contributed by atoms with Gasteiger partial charge in [-0.2, -0.15) is 10.2 Å². The van der Waals surface area contributed by atoms with Crippen molar-refractivity contribution >= 4 is 11.6 Å². The maximum Gasteiger partial charge on any atom is 0.238 e. The molecule has 0 aliphatic carbocycles. The van der Waals surface area contributed by atoms with Crippen molar-refractivity contribution < 1.29 is 4.79 Å². The van der Waals surface area contributed by atoms with Crippen LogP contribution >= 0.6 is 0 Å². The van der Waals surface area contributed by atoms with Gasteiger partial charge < -0.3 is 5.32 Å². The average molecular weight is 330 g/mol. The van der Waals surface area contributed by atoms with Crippen LogP contribution in [0.25, 0.3) is 0 Å². The second-order valence-corrected chi connectivity index (χ2v) is 6.59. The Labute approximate surface area is 142 Å². The lowest BCUT2D eigenvalue weighted by atomic mass is 9.93. The van der Waals surface area contributed by atoms with E-state index in [-0.39, 0.29) is 5.91 Å². The Morgan fingerprint density at radius 1 is 1.33 bits per heavy atom. The van der Waals surface area contributed by atoms with Gasteiger partial charge in [-0.1, -0.05) is 0 Å². The molecule has 1 aliphatic heterocycles. The van der Waals surface area contributed by atoms with Gasteiger partial charge >= 0.3 is 0 Å². The molecule has 3 heterocycles. The first-order valence-corrected chi connectivity index (χ1v) is 8.60. The van der Waals surface area contributed by atoms with Crippen LogP contribution < -0.4 is 5.32 Å². The van der Waals surface area contributed by atoms with Crippen molar-refractivity contribution in [2.45, 2.75) is 32.7 Å². The number of carbonyl (C=O) groups is 1. The van der Waals surface area contributed by atoms with Gasteiger partial charge in [-0.05, 0) is 51.3 Å². The quantitative estimate of drug-likeness (QED) is 0.875. The average Bonchev–Trinajstić information content (AvgIpc) is 3.20. The zero-order chi connectivity index (χ0) is 16.9. The number of piperidine rings is 1. The summed E-state index contributed by atoms with van der Waals surface area (Å²) in [5.74, 6) is 0.773. The lowest BCUT2D eigenvalue weighted by molar-refractivity contribution is -0.117. The van der Waals surface area contributed by atoms with E-state index in [1.165, 1.54) is 0 Å². The lowest BCUT2D eigenvalue weighted by Gasteiger charge is -2.31. The molecule has 7 nitrogen and oxygen atoms in total. The van der Waals surface area contributed by atoms with Gasteiger partial charge in [-0.25, -0.2) is 0 Å². The van der Waals surface area contributed by atoms with Crippen LogP contribution in [0.2, 0.25) is 0 Å². The predicted octanol–water partition coefficient (Wildman–Crippen LogP) is 1.67. The lowest BCUT2D eigenvalue weighted by Crippen LogP contribution is -2.39. The van der Waals surface area contributed by atoms with E-state index in [2.05, 4.69) is 20.4 Å². The Kier molecular flexibility index (Phi) is 5.30. The summed E-state index contributed by atoms with van der Waals surface area (Å²) >= 11 is 0. The number of rotatable bonds is 6. The summed E-state index contributed by atoms with van der Waals surface area (Å²) in [5.41, 5.74) is 1.78. The second kappa shape index (κ2) is 7.61. The highest BCUT2D eigenvalue weighted by Crippen LogP contribution is 2.21. The molecule has 0 unspecified atom stereocenters. The van der Waals surface area contributed by atoms with Gasteiger partial charge in [0.05, 0.1) is 24.1 Å². The number of amides is 1. The normalized spacial score (nSPS) is 16.4. The van der Waals surface area contributed by atoms with Crippen molar-refractivity contribution in [1.29, 1.82) is 0 Å². The van der Waals surface area contributed by atoms with Crippen LogP contribution in [-0.2, 0) is 18.4 Å².